The molecule has 0 spiro atoms. The molecule has 3 aliphatic rings. The van der Waals surface area contributed by atoms with Gasteiger partial charge < -0.3 is 60.2 Å². The number of nitrogen functional groups attached to an aromatic ring is 1. The molecule has 4 amide bonds. The molecule has 1 aromatic carbocycles. The van der Waals surface area contributed by atoms with Crippen LogP contribution in [0.2, 0.25) is 0 Å². The molecule has 3 saturated heterocycles. The summed E-state index contributed by atoms with van der Waals surface area (Å²) >= 11 is 1.90. The molecule has 64 heavy (non-hydrogen) atoms. The van der Waals surface area contributed by atoms with Crippen molar-refractivity contribution in [3.63, 3.8) is 0 Å². The molecule has 2 aromatic heterocycles. The van der Waals surface area contributed by atoms with Gasteiger partial charge in [-0.3, -0.25) is 14.5 Å². The van der Waals surface area contributed by atoms with Crippen molar-refractivity contribution >= 4 is 52.4 Å². The molecular weight excluding hydrogens is 841 g/mol. The minimum atomic E-state index is -0.0639. The van der Waals surface area contributed by atoms with Crippen LogP contribution in [0.25, 0.3) is 11.0 Å². The molecule has 0 saturated carbocycles. The number of aromatic nitrogens is 3. The fourth-order valence-electron chi connectivity index (χ4n) is 8.28. The molecule has 6 rings (SSSR count). The van der Waals surface area contributed by atoms with Gasteiger partial charge in [0.25, 0.3) is 0 Å². The maximum atomic E-state index is 12.9. The van der Waals surface area contributed by atoms with Crippen LogP contribution in [0.4, 0.5) is 16.6 Å². The summed E-state index contributed by atoms with van der Waals surface area (Å²) in [5.74, 6) is 2.94. The Kier molecular flexibility index (Phi) is 20.3. The number of ether oxygens (including phenoxy) is 5. The van der Waals surface area contributed by atoms with Crippen molar-refractivity contribution in [2.75, 3.05) is 116 Å². The molecule has 3 aromatic rings. The molecule has 3 atom stereocenters. The van der Waals surface area contributed by atoms with Crippen LogP contribution in [-0.4, -0.2) is 165 Å². The number of nitrogens with two attached hydrogens (primary N) is 1. The van der Waals surface area contributed by atoms with Crippen LogP contribution < -0.4 is 31.7 Å². The highest BCUT2D eigenvalue weighted by molar-refractivity contribution is 8.00. The van der Waals surface area contributed by atoms with Crippen molar-refractivity contribution < 1.29 is 38.1 Å². The zero-order chi connectivity index (χ0) is 44.9. The van der Waals surface area contributed by atoms with E-state index in [0.29, 0.717) is 97.1 Å². The minimum absolute atomic E-state index is 0.0364. The highest BCUT2D eigenvalue weighted by Gasteiger charge is 2.42. The Hall–Kier alpha value is -4.40. The number of unbranched alkanes of at least 4 members (excludes halogenated alkanes) is 3. The summed E-state index contributed by atoms with van der Waals surface area (Å²) in [5, 5.41) is 12.8. The molecule has 0 aliphatic carbocycles. The summed E-state index contributed by atoms with van der Waals surface area (Å²) in [6.45, 7) is 11.3. The van der Waals surface area contributed by atoms with Crippen LogP contribution in [0.1, 0.15) is 69.4 Å². The van der Waals surface area contributed by atoms with Gasteiger partial charge in [0.05, 0.1) is 90.5 Å². The molecule has 3 aliphatic heterocycles. The normalized spacial score (nSPS) is 18.6. The predicted octanol–water partition coefficient (Wildman–Crippen LogP) is 3.62. The first-order valence-electron chi connectivity index (χ1n) is 23.1. The number of benzene rings is 1. The van der Waals surface area contributed by atoms with Crippen LogP contribution in [0.15, 0.2) is 30.5 Å². The second-order valence-electron chi connectivity index (χ2n) is 16.5. The van der Waals surface area contributed by atoms with E-state index in [4.69, 9.17) is 29.4 Å². The van der Waals surface area contributed by atoms with Crippen LogP contribution >= 0.6 is 11.8 Å². The summed E-state index contributed by atoms with van der Waals surface area (Å²) in [5.41, 5.74) is 9.98. The van der Waals surface area contributed by atoms with Gasteiger partial charge in [-0.2, -0.15) is 16.7 Å². The topological polar surface area (TPSA) is 209 Å². The number of urea groups is 1. The standard InChI is InChI=1S/C45H70N10O8S/c1-3-4-7-14-48-43-42-35(49-44(46)52-43)12-16-55(42)31-34-11-10-33(29-37(34)59-2)30-53-17-19-54(20-18-53)40(57)13-21-60-23-25-62-27-28-63-26-24-61-22-15-47-39(56)9-6-5-8-38-41-36(32-64-38)50-45(58)51-41/h10-12,16,29,36,38,41H,3-9,13-15,17-28,30-32H2,1-2H3,(H,47,56)(H2,50,51,58)(H3,46,48,49,52)/t36-,38-,41-/m0/s1. The van der Waals surface area contributed by atoms with Gasteiger partial charge in [-0.05, 0) is 37.0 Å². The number of nitrogens with zero attached hydrogens (tertiary/aromatic N) is 5. The van der Waals surface area contributed by atoms with Gasteiger partial charge in [-0.1, -0.05) is 38.3 Å². The number of nitrogens with one attached hydrogen (secondary N) is 4. The third kappa shape index (κ3) is 15.4. The zero-order valence-corrected chi connectivity index (χ0v) is 38.6. The minimum Gasteiger partial charge on any atom is -0.496 e. The average Bonchev–Trinajstić information content (AvgIpc) is 3.99. The van der Waals surface area contributed by atoms with Gasteiger partial charge >= 0.3 is 6.03 Å². The number of rotatable bonds is 30. The lowest BCUT2D eigenvalue weighted by Crippen LogP contribution is -2.48. The number of methoxy groups -OCH3 is 1. The molecule has 18 nitrogen and oxygen atoms in total. The number of carbonyl (C=O) groups excluding carboxylic acids is 3. The van der Waals surface area contributed by atoms with Gasteiger partial charge in [0.15, 0.2) is 5.82 Å². The van der Waals surface area contributed by atoms with Crippen molar-refractivity contribution in [3.8, 4) is 5.75 Å². The number of piperazine rings is 1. The lowest BCUT2D eigenvalue weighted by molar-refractivity contribution is -0.134. The number of fused-ring (bicyclic) bond motifs is 2. The Morgan fingerprint density at radius 3 is 2.36 bits per heavy atom. The number of amides is 4. The molecule has 0 bridgehead atoms. The fourth-order valence-corrected chi connectivity index (χ4v) is 9.82. The van der Waals surface area contributed by atoms with Gasteiger partial charge in [0.1, 0.15) is 11.3 Å². The molecule has 354 valence electrons. The smallest absolute Gasteiger partial charge is 0.315 e. The second kappa shape index (κ2) is 26.5. The largest absolute Gasteiger partial charge is 0.496 e. The van der Waals surface area contributed by atoms with E-state index in [1.165, 1.54) is 0 Å². The van der Waals surface area contributed by atoms with Gasteiger partial charge in [0, 0.05) is 75.0 Å². The molecular formula is C45H70N10O8S. The quantitative estimate of drug-likeness (QED) is 0.0479. The highest BCUT2D eigenvalue weighted by Crippen LogP contribution is 2.33. The van der Waals surface area contributed by atoms with E-state index in [2.05, 4.69) is 65.8 Å². The monoisotopic (exact) mass is 911 g/mol. The number of anilines is 2. The van der Waals surface area contributed by atoms with Crippen molar-refractivity contribution in [3.05, 3.63) is 41.6 Å². The summed E-state index contributed by atoms with van der Waals surface area (Å²) in [6, 6.07) is 8.76. The van der Waals surface area contributed by atoms with E-state index in [-0.39, 0.29) is 35.9 Å². The summed E-state index contributed by atoms with van der Waals surface area (Å²) in [4.78, 5) is 49.8. The Balaban J connectivity index is 0.741. The van der Waals surface area contributed by atoms with E-state index in [0.717, 1.165) is 104 Å². The Morgan fingerprint density at radius 1 is 0.859 bits per heavy atom. The van der Waals surface area contributed by atoms with E-state index in [1.54, 1.807) is 7.11 Å². The molecule has 6 N–H and O–H groups in total. The van der Waals surface area contributed by atoms with Gasteiger partial charge in [0.2, 0.25) is 17.8 Å². The van der Waals surface area contributed by atoms with Crippen molar-refractivity contribution in [1.82, 2.24) is 40.3 Å². The SMILES string of the molecule is CCCCCNc1nc(N)nc2ccn(Cc3ccc(CN4CCN(C(=O)CCOCCOCCOCCOCCNC(=O)CCCC[C@@H]5SC[C@@H]6NC(=O)N[C@@H]65)CC4)cc3OC)c12. The molecule has 0 unspecified atom stereocenters. The van der Waals surface area contributed by atoms with Crippen molar-refractivity contribution in [1.29, 1.82) is 0 Å². The highest BCUT2D eigenvalue weighted by atomic mass is 32.2. The third-order valence-electron chi connectivity index (χ3n) is 11.7. The maximum absolute atomic E-state index is 12.9. The first kappa shape index (κ1) is 49.0. The molecule has 5 heterocycles. The number of hydrogen-bond acceptors (Lipinski definition) is 14. The van der Waals surface area contributed by atoms with E-state index < -0.39 is 0 Å². The van der Waals surface area contributed by atoms with Crippen LogP contribution in [0.5, 0.6) is 5.75 Å². The Morgan fingerprint density at radius 2 is 1.61 bits per heavy atom. The van der Waals surface area contributed by atoms with Crippen molar-refractivity contribution in [2.45, 2.75) is 88.7 Å². The maximum Gasteiger partial charge on any atom is 0.315 e. The summed E-state index contributed by atoms with van der Waals surface area (Å²) in [7, 11) is 1.71. The van der Waals surface area contributed by atoms with E-state index >= 15 is 0 Å². The van der Waals surface area contributed by atoms with Crippen molar-refractivity contribution in [2.24, 2.45) is 0 Å². The number of hydrogen-bond donors (Lipinski definition) is 5. The lowest BCUT2D eigenvalue weighted by atomic mass is 10.0. The average molecular weight is 911 g/mol. The molecule has 0 radical (unpaired) electrons. The van der Waals surface area contributed by atoms with Crippen LogP contribution in [-0.2, 0) is 41.6 Å². The summed E-state index contributed by atoms with van der Waals surface area (Å²) in [6.07, 6.45) is 9.04. The second-order valence-corrected chi connectivity index (χ2v) is 17.7. The van der Waals surface area contributed by atoms with E-state index in [9.17, 15) is 14.4 Å². The third-order valence-corrected chi connectivity index (χ3v) is 13.3. The Labute approximate surface area is 381 Å². The number of thioether (sulfide) groups is 1. The summed E-state index contributed by atoms with van der Waals surface area (Å²) < 4.78 is 30.4. The lowest BCUT2D eigenvalue weighted by Gasteiger charge is -2.35. The van der Waals surface area contributed by atoms with Gasteiger partial charge in [-0.25, -0.2) is 9.78 Å². The first-order valence-corrected chi connectivity index (χ1v) is 24.1. The van der Waals surface area contributed by atoms with Gasteiger partial charge in [-0.15, -0.1) is 0 Å². The van der Waals surface area contributed by atoms with Crippen LogP contribution in [0, 0.1) is 0 Å². The zero-order valence-electron chi connectivity index (χ0n) is 37.8. The predicted molar refractivity (Wildman–Crippen MR) is 249 cm³/mol. The molecule has 19 heteroatoms. The first-order chi connectivity index (χ1) is 31.3. The molecule has 3 fully saturated rings. The van der Waals surface area contributed by atoms with Crippen LogP contribution in [0.3, 0.4) is 0 Å². The fraction of sp³-hybridized carbons (Fsp3) is 0.667. The van der Waals surface area contributed by atoms with E-state index in [1.807, 2.05) is 28.9 Å². The number of carbonyl (C=O) groups is 3. The Bertz CT molecular complexity index is 1910.